The summed E-state index contributed by atoms with van der Waals surface area (Å²) in [7, 11) is 1.19. The lowest BCUT2D eigenvalue weighted by Crippen LogP contribution is -2.33. The third-order valence-electron chi connectivity index (χ3n) is 2.11. The Morgan fingerprint density at radius 2 is 1.80 bits per heavy atom. The quantitative estimate of drug-likeness (QED) is 0.480. The van der Waals surface area contributed by atoms with Gasteiger partial charge in [0, 0.05) is 0 Å². The second-order valence-electron chi connectivity index (χ2n) is 3.19. The summed E-state index contributed by atoms with van der Waals surface area (Å²) in [5, 5.41) is 0. The van der Waals surface area contributed by atoms with Gasteiger partial charge in [-0.1, -0.05) is 46.3 Å². The molecule has 80 valence electrons. The molecule has 0 saturated heterocycles. The molecule has 0 heterocycles. The van der Waals surface area contributed by atoms with Crippen molar-refractivity contribution >= 4 is 27.7 Å². The van der Waals surface area contributed by atoms with E-state index in [9.17, 15) is 9.59 Å². The van der Waals surface area contributed by atoms with Crippen LogP contribution in [0.15, 0.2) is 30.3 Å². The van der Waals surface area contributed by atoms with E-state index in [1.54, 1.807) is 31.2 Å². The average molecular weight is 271 g/mol. The van der Waals surface area contributed by atoms with Crippen molar-refractivity contribution in [2.45, 2.75) is 11.2 Å². The first kappa shape index (κ1) is 11.9. The molecule has 1 rings (SSSR count). The van der Waals surface area contributed by atoms with Crippen molar-refractivity contribution in [3.8, 4) is 0 Å². The van der Waals surface area contributed by atoms with Gasteiger partial charge in [-0.15, -0.1) is 0 Å². The maximum Gasteiger partial charge on any atom is 0.376 e. The highest BCUT2D eigenvalue weighted by molar-refractivity contribution is 9.10. The van der Waals surface area contributed by atoms with Crippen LogP contribution in [0, 0.1) is 0 Å². The van der Waals surface area contributed by atoms with E-state index < -0.39 is 16.1 Å². The number of Topliss-reactive ketones (excluding diaryl/α,β-unsaturated/α-hetero) is 1. The molecule has 4 heteroatoms. The predicted molar refractivity (Wildman–Crippen MR) is 59.7 cm³/mol. The molecule has 0 radical (unpaired) electrons. The first-order chi connectivity index (χ1) is 7.00. The number of hydrogen-bond donors (Lipinski definition) is 0. The maximum absolute atomic E-state index is 11.7. The zero-order chi connectivity index (χ0) is 11.5. The van der Waals surface area contributed by atoms with Gasteiger partial charge in [-0.05, 0) is 12.5 Å². The predicted octanol–water partition coefficient (Wildman–Crippen LogP) is 2.04. The molecule has 1 aromatic rings. The number of carbonyl (C=O) groups is 2. The average Bonchev–Trinajstić information content (AvgIpc) is 2.28. The molecule has 3 nitrogen and oxygen atoms in total. The van der Waals surface area contributed by atoms with Crippen LogP contribution < -0.4 is 0 Å². The summed E-state index contributed by atoms with van der Waals surface area (Å²) in [5.74, 6) is -1.46. The van der Waals surface area contributed by atoms with Crippen LogP contribution in [0.1, 0.15) is 12.5 Å². The lowest BCUT2D eigenvalue weighted by Gasteiger charge is -2.19. The molecule has 0 spiro atoms. The molecule has 1 atom stereocenters. The normalized spacial score (nSPS) is 14.1. The Hall–Kier alpha value is -1.16. The van der Waals surface area contributed by atoms with Gasteiger partial charge >= 0.3 is 5.97 Å². The topological polar surface area (TPSA) is 43.4 Å². The number of carbonyl (C=O) groups excluding carboxylic acids is 2. The lowest BCUT2D eigenvalue weighted by atomic mass is 9.96. The Bertz CT molecular complexity index is 371. The van der Waals surface area contributed by atoms with Gasteiger partial charge in [-0.2, -0.15) is 0 Å². The van der Waals surface area contributed by atoms with E-state index in [1.165, 1.54) is 7.11 Å². The second kappa shape index (κ2) is 4.57. The van der Waals surface area contributed by atoms with Crippen molar-refractivity contribution in [3.63, 3.8) is 0 Å². The van der Waals surface area contributed by atoms with Gasteiger partial charge in [0.05, 0.1) is 7.11 Å². The molecular formula is C11H11BrO3. The van der Waals surface area contributed by atoms with E-state index in [1.807, 2.05) is 6.07 Å². The fourth-order valence-corrected chi connectivity index (χ4v) is 1.59. The zero-order valence-corrected chi connectivity index (χ0v) is 10.1. The van der Waals surface area contributed by atoms with E-state index in [0.29, 0.717) is 0 Å². The van der Waals surface area contributed by atoms with Gasteiger partial charge in [-0.3, -0.25) is 4.79 Å². The molecule has 0 aromatic heterocycles. The molecule has 15 heavy (non-hydrogen) atoms. The molecule has 0 N–H and O–H groups in total. The van der Waals surface area contributed by atoms with Crippen LogP contribution in [0.5, 0.6) is 0 Å². The van der Waals surface area contributed by atoms with Gasteiger partial charge in [-0.25, -0.2) is 4.79 Å². The first-order valence-electron chi connectivity index (χ1n) is 4.37. The van der Waals surface area contributed by atoms with Crippen LogP contribution in [-0.4, -0.2) is 18.9 Å². The lowest BCUT2D eigenvalue weighted by molar-refractivity contribution is -0.152. The van der Waals surface area contributed by atoms with Crippen molar-refractivity contribution in [1.29, 1.82) is 0 Å². The minimum atomic E-state index is -1.03. The highest BCUT2D eigenvalue weighted by Crippen LogP contribution is 2.31. The molecule has 0 aliphatic rings. The van der Waals surface area contributed by atoms with Crippen LogP contribution >= 0.6 is 15.9 Å². The van der Waals surface area contributed by atoms with Crippen LogP contribution in [0.4, 0.5) is 0 Å². The number of ether oxygens (including phenoxy) is 1. The van der Waals surface area contributed by atoms with Crippen molar-refractivity contribution in [2.24, 2.45) is 0 Å². The highest BCUT2D eigenvalue weighted by atomic mass is 79.9. The smallest absolute Gasteiger partial charge is 0.376 e. The standard InChI is InChI=1S/C11H11BrO3/c1-11(12,9(13)10(14)15-2)8-6-4-3-5-7-8/h3-7H,1-2H3. The number of methoxy groups -OCH3 is 1. The minimum absolute atomic E-state index is 0.615. The van der Waals surface area contributed by atoms with Gasteiger partial charge in [0.2, 0.25) is 0 Å². The number of alkyl halides is 1. The number of esters is 1. The number of ketones is 1. The Kier molecular flexibility index (Phi) is 3.63. The Morgan fingerprint density at radius 3 is 2.27 bits per heavy atom. The number of hydrogen-bond acceptors (Lipinski definition) is 3. The monoisotopic (exact) mass is 270 g/mol. The van der Waals surface area contributed by atoms with Crippen molar-refractivity contribution in [2.75, 3.05) is 7.11 Å². The molecule has 0 bridgehead atoms. The Labute approximate surface area is 96.6 Å². The van der Waals surface area contributed by atoms with Crippen LogP contribution in [-0.2, 0) is 18.7 Å². The molecule has 1 aromatic carbocycles. The number of rotatable bonds is 3. The molecule has 1 unspecified atom stereocenters. The molecule has 0 amide bonds. The number of benzene rings is 1. The SMILES string of the molecule is COC(=O)C(=O)C(C)(Br)c1ccccc1. The Morgan fingerprint density at radius 1 is 1.27 bits per heavy atom. The van der Waals surface area contributed by atoms with Crippen molar-refractivity contribution in [1.82, 2.24) is 0 Å². The van der Waals surface area contributed by atoms with Gasteiger partial charge < -0.3 is 4.74 Å². The summed E-state index contributed by atoms with van der Waals surface area (Å²) in [6.07, 6.45) is 0. The Balaban J connectivity index is 3.03. The van der Waals surface area contributed by atoms with Crippen LogP contribution in [0.25, 0.3) is 0 Å². The minimum Gasteiger partial charge on any atom is -0.463 e. The molecule has 0 aliphatic heterocycles. The van der Waals surface area contributed by atoms with E-state index in [2.05, 4.69) is 20.7 Å². The van der Waals surface area contributed by atoms with Crippen LogP contribution in [0.2, 0.25) is 0 Å². The van der Waals surface area contributed by atoms with Crippen molar-refractivity contribution < 1.29 is 14.3 Å². The highest BCUT2D eigenvalue weighted by Gasteiger charge is 2.37. The van der Waals surface area contributed by atoms with E-state index in [4.69, 9.17) is 0 Å². The molecule has 0 saturated carbocycles. The molecule has 0 fully saturated rings. The van der Waals surface area contributed by atoms with Gasteiger partial charge in [0.15, 0.2) is 0 Å². The fourth-order valence-electron chi connectivity index (χ4n) is 1.17. The zero-order valence-electron chi connectivity index (χ0n) is 8.49. The first-order valence-corrected chi connectivity index (χ1v) is 5.16. The van der Waals surface area contributed by atoms with E-state index in [0.717, 1.165) is 5.56 Å². The second-order valence-corrected chi connectivity index (χ2v) is 4.78. The molecular weight excluding hydrogens is 260 g/mol. The van der Waals surface area contributed by atoms with Gasteiger partial charge in [0.25, 0.3) is 5.78 Å². The third-order valence-corrected chi connectivity index (χ3v) is 2.93. The maximum atomic E-state index is 11.7. The third kappa shape index (κ3) is 2.45. The summed E-state index contributed by atoms with van der Waals surface area (Å²) in [6.45, 7) is 1.63. The summed E-state index contributed by atoms with van der Waals surface area (Å²) < 4.78 is 3.37. The van der Waals surface area contributed by atoms with E-state index in [-0.39, 0.29) is 0 Å². The number of halogens is 1. The molecule has 0 aliphatic carbocycles. The summed E-state index contributed by atoms with van der Waals surface area (Å²) in [4.78, 5) is 22.8. The fraction of sp³-hybridized carbons (Fsp3) is 0.273. The summed E-state index contributed by atoms with van der Waals surface area (Å²) in [6, 6.07) is 9.00. The summed E-state index contributed by atoms with van der Waals surface area (Å²) >= 11 is 3.25. The largest absolute Gasteiger partial charge is 0.463 e. The van der Waals surface area contributed by atoms with E-state index >= 15 is 0 Å². The van der Waals surface area contributed by atoms with Crippen molar-refractivity contribution in [3.05, 3.63) is 35.9 Å². The van der Waals surface area contributed by atoms with Crippen LogP contribution in [0.3, 0.4) is 0 Å². The van der Waals surface area contributed by atoms with Gasteiger partial charge in [0.1, 0.15) is 4.32 Å². The summed E-state index contributed by atoms with van der Waals surface area (Å²) in [5.41, 5.74) is 0.723.